The predicted molar refractivity (Wildman–Crippen MR) is 76.4 cm³/mol. The molecule has 1 N–H and O–H groups in total. The molecule has 0 amide bonds. The van der Waals surface area contributed by atoms with Crippen molar-refractivity contribution >= 4 is 0 Å². The summed E-state index contributed by atoms with van der Waals surface area (Å²) in [6.07, 6.45) is 5.49. The molecule has 1 atom stereocenters. The third kappa shape index (κ3) is 6.23. The third-order valence-electron chi connectivity index (χ3n) is 3.49. The van der Waals surface area contributed by atoms with Gasteiger partial charge in [0, 0.05) is 24.7 Å². The van der Waals surface area contributed by atoms with Crippen LogP contribution in [0.25, 0.3) is 0 Å². The first-order chi connectivity index (χ1) is 7.88. The lowest BCUT2D eigenvalue weighted by Crippen LogP contribution is -2.40. The molecule has 1 aliphatic heterocycles. The van der Waals surface area contributed by atoms with E-state index < -0.39 is 0 Å². The largest absolute Gasteiger partial charge is 0.308 e. The summed E-state index contributed by atoms with van der Waals surface area (Å²) in [6.45, 7) is 16.4. The van der Waals surface area contributed by atoms with Crippen LogP contribution in [-0.2, 0) is 0 Å². The quantitative estimate of drug-likeness (QED) is 0.757. The van der Waals surface area contributed by atoms with Gasteiger partial charge in [-0.25, -0.2) is 0 Å². The average molecular weight is 238 g/mol. The van der Waals surface area contributed by atoms with Crippen molar-refractivity contribution in [3.8, 4) is 0 Å². The molecule has 0 spiro atoms. The maximum atomic E-state index is 4.21. The van der Waals surface area contributed by atoms with Crippen molar-refractivity contribution < 1.29 is 0 Å². The minimum atomic E-state index is 0.188. The van der Waals surface area contributed by atoms with Gasteiger partial charge in [0.05, 0.1) is 0 Å². The summed E-state index contributed by atoms with van der Waals surface area (Å²) < 4.78 is 0. The second kappa shape index (κ2) is 6.55. The van der Waals surface area contributed by atoms with Gasteiger partial charge < -0.3 is 5.32 Å². The van der Waals surface area contributed by atoms with Crippen molar-refractivity contribution in [3.63, 3.8) is 0 Å². The van der Waals surface area contributed by atoms with Gasteiger partial charge in [-0.15, -0.1) is 0 Å². The maximum absolute atomic E-state index is 4.21. The van der Waals surface area contributed by atoms with Crippen LogP contribution < -0.4 is 5.32 Å². The Bertz CT molecular complexity index is 240. The van der Waals surface area contributed by atoms with E-state index in [0.717, 1.165) is 19.1 Å². The van der Waals surface area contributed by atoms with E-state index in [9.17, 15) is 0 Å². The average Bonchev–Trinajstić information content (AvgIpc) is 2.41. The zero-order chi connectivity index (χ0) is 12.9. The summed E-state index contributed by atoms with van der Waals surface area (Å²) in [7, 11) is 0. The first-order valence-electron chi connectivity index (χ1n) is 7.04. The molecule has 1 fully saturated rings. The molecular weight excluding hydrogens is 208 g/mol. The lowest BCUT2D eigenvalue weighted by molar-refractivity contribution is 0.229. The number of likely N-dealkylation sites (tertiary alicyclic amines) is 1. The van der Waals surface area contributed by atoms with Gasteiger partial charge in [0.25, 0.3) is 0 Å². The van der Waals surface area contributed by atoms with E-state index in [0.29, 0.717) is 0 Å². The van der Waals surface area contributed by atoms with Crippen LogP contribution in [0.3, 0.4) is 0 Å². The van der Waals surface area contributed by atoms with Gasteiger partial charge in [0.15, 0.2) is 0 Å². The molecule has 0 bridgehead atoms. The summed E-state index contributed by atoms with van der Waals surface area (Å²) in [5.74, 6) is 0. The van der Waals surface area contributed by atoms with Crippen LogP contribution in [0.1, 0.15) is 53.4 Å². The molecule has 1 aliphatic rings. The van der Waals surface area contributed by atoms with Gasteiger partial charge in [-0.3, -0.25) is 4.90 Å². The molecule has 0 radical (unpaired) electrons. The molecule has 1 heterocycles. The molecule has 1 unspecified atom stereocenters. The standard InChI is InChI=1S/C15H30N2/c1-13(11-16-15(3,4)5)12-17-10-8-6-7-9-14(17)2/h14,16H,1,6-12H2,2-5H3. The van der Waals surface area contributed by atoms with Gasteiger partial charge in [0.2, 0.25) is 0 Å². The summed E-state index contributed by atoms with van der Waals surface area (Å²) >= 11 is 0. The number of nitrogens with one attached hydrogen (secondary N) is 1. The van der Waals surface area contributed by atoms with Gasteiger partial charge >= 0.3 is 0 Å². The minimum Gasteiger partial charge on any atom is -0.308 e. The molecule has 0 aliphatic carbocycles. The first-order valence-corrected chi connectivity index (χ1v) is 7.04. The van der Waals surface area contributed by atoms with Crippen LogP contribution in [0.4, 0.5) is 0 Å². The molecule has 2 nitrogen and oxygen atoms in total. The molecule has 2 heteroatoms. The maximum Gasteiger partial charge on any atom is 0.0205 e. The Balaban J connectivity index is 2.33. The van der Waals surface area contributed by atoms with E-state index in [1.165, 1.54) is 37.8 Å². The number of hydrogen-bond acceptors (Lipinski definition) is 2. The molecule has 0 aromatic rings. The highest BCUT2D eigenvalue weighted by molar-refractivity contribution is 5.02. The Morgan fingerprint density at radius 3 is 2.65 bits per heavy atom. The SMILES string of the molecule is C=C(CNC(C)(C)C)CN1CCCCCC1C. The Kier molecular flexibility index (Phi) is 5.68. The highest BCUT2D eigenvalue weighted by Gasteiger charge is 2.17. The second-order valence-corrected chi connectivity index (χ2v) is 6.52. The van der Waals surface area contributed by atoms with Crippen LogP contribution in [0.2, 0.25) is 0 Å². The van der Waals surface area contributed by atoms with Gasteiger partial charge in [0.1, 0.15) is 0 Å². The van der Waals surface area contributed by atoms with E-state index in [2.05, 4.69) is 44.5 Å². The zero-order valence-electron chi connectivity index (χ0n) is 12.2. The fraction of sp³-hybridized carbons (Fsp3) is 0.867. The van der Waals surface area contributed by atoms with Gasteiger partial charge in [-0.05, 0) is 52.7 Å². The molecule has 100 valence electrons. The minimum absolute atomic E-state index is 0.188. The molecular formula is C15H30N2. The normalized spacial score (nSPS) is 23.4. The fourth-order valence-corrected chi connectivity index (χ4v) is 2.30. The van der Waals surface area contributed by atoms with E-state index in [4.69, 9.17) is 0 Å². The van der Waals surface area contributed by atoms with E-state index >= 15 is 0 Å². The summed E-state index contributed by atoms with van der Waals surface area (Å²) in [4.78, 5) is 2.60. The number of nitrogens with zero attached hydrogens (tertiary/aromatic N) is 1. The van der Waals surface area contributed by atoms with E-state index in [-0.39, 0.29) is 5.54 Å². The second-order valence-electron chi connectivity index (χ2n) is 6.52. The monoisotopic (exact) mass is 238 g/mol. The van der Waals surface area contributed by atoms with Crippen molar-refractivity contribution in [1.29, 1.82) is 0 Å². The Labute approximate surface area is 107 Å². The summed E-state index contributed by atoms with van der Waals surface area (Å²) in [5.41, 5.74) is 1.50. The number of hydrogen-bond donors (Lipinski definition) is 1. The van der Waals surface area contributed by atoms with Crippen LogP contribution in [0.15, 0.2) is 12.2 Å². The Hall–Kier alpha value is -0.340. The van der Waals surface area contributed by atoms with E-state index in [1.807, 2.05) is 0 Å². The summed E-state index contributed by atoms with van der Waals surface area (Å²) in [5, 5.41) is 3.52. The molecule has 0 saturated carbocycles. The highest BCUT2D eigenvalue weighted by Crippen LogP contribution is 2.17. The Morgan fingerprint density at radius 1 is 1.29 bits per heavy atom. The van der Waals surface area contributed by atoms with Crippen LogP contribution in [0.5, 0.6) is 0 Å². The zero-order valence-corrected chi connectivity index (χ0v) is 12.2. The summed E-state index contributed by atoms with van der Waals surface area (Å²) in [6, 6.07) is 0.726. The van der Waals surface area contributed by atoms with Crippen molar-refractivity contribution in [3.05, 3.63) is 12.2 Å². The third-order valence-corrected chi connectivity index (χ3v) is 3.49. The topological polar surface area (TPSA) is 15.3 Å². The fourth-order valence-electron chi connectivity index (χ4n) is 2.30. The lowest BCUT2D eigenvalue weighted by Gasteiger charge is -2.29. The Morgan fingerprint density at radius 2 is 2.00 bits per heavy atom. The first kappa shape index (κ1) is 14.7. The van der Waals surface area contributed by atoms with Gasteiger partial charge in [-0.2, -0.15) is 0 Å². The molecule has 0 aromatic carbocycles. The number of rotatable bonds is 4. The van der Waals surface area contributed by atoms with Crippen molar-refractivity contribution in [2.75, 3.05) is 19.6 Å². The smallest absolute Gasteiger partial charge is 0.0205 e. The van der Waals surface area contributed by atoms with Crippen LogP contribution in [0, 0.1) is 0 Å². The molecule has 1 rings (SSSR count). The van der Waals surface area contributed by atoms with Crippen LogP contribution in [-0.4, -0.2) is 36.1 Å². The lowest BCUT2D eigenvalue weighted by atomic mass is 10.1. The van der Waals surface area contributed by atoms with Gasteiger partial charge in [-0.1, -0.05) is 19.4 Å². The van der Waals surface area contributed by atoms with Crippen LogP contribution >= 0.6 is 0 Å². The van der Waals surface area contributed by atoms with Crippen molar-refractivity contribution in [2.24, 2.45) is 0 Å². The van der Waals surface area contributed by atoms with E-state index in [1.54, 1.807) is 0 Å². The molecule has 1 saturated heterocycles. The molecule has 17 heavy (non-hydrogen) atoms. The predicted octanol–water partition coefficient (Wildman–Crippen LogP) is 3.20. The van der Waals surface area contributed by atoms with Crippen molar-refractivity contribution in [1.82, 2.24) is 10.2 Å². The highest BCUT2D eigenvalue weighted by atomic mass is 15.2. The molecule has 0 aromatic heterocycles. The van der Waals surface area contributed by atoms with Crippen molar-refractivity contribution in [2.45, 2.75) is 65.0 Å².